The van der Waals surface area contributed by atoms with E-state index in [0.29, 0.717) is 0 Å². The Morgan fingerprint density at radius 1 is 1.10 bits per heavy atom. The van der Waals surface area contributed by atoms with Crippen molar-refractivity contribution >= 4 is 5.69 Å². The van der Waals surface area contributed by atoms with E-state index in [1.54, 1.807) is 12.1 Å². The van der Waals surface area contributed by atoms with Crippen LogP contribution in [0.1, 0.15) is 28.3 Å². The summed E-state index contributed by atoms with van der Waals surface area (Å²) in [6.07, 6.45) is 0.806. The van der Waals surface area contributed by atoms with Crippen molar-refractivity contribution in [1.29, 1.82) is 0 Å². The molecule has 2 aromatic carbocycles. The van der Waals surface area contributed by atoms with Gasteiger partial charge in [-0.15, -0.1) is 0 Å². The Morgan fingerprint density at radius 3 is 2.14 bits per heavy atom. The maximum atomic E-state index is 10.7. The lowest BCUT2D eigenvalue weighted by Gasteiger charge is -2.21. The first-order valence-electron chi connectivity index (χ1n) is 6.99. The molecule has 21 heavy (non-hydrogen) atoms. The standard InChI is InChI=1S/C17H20N2O2/c1-12-5-4-6-13(2)17(12)16(18-3)11-14-7-9-15(10-8-14)19(20)21/h4-10,16,18H,11H2,1-3H3. The van der Waals surface area contributed by atoms with Gasteiger partial charge in [-0.2, -0.15) is 0 Å². The molecule has 0 aliphatic heterocycles. The number of rotatable bonds is 5. The number of nitrogens with one attached hydrogen (secondary N) is 1. The van der Waals surface area contributed by atoms with Crippen molar-refractivity contribution in [2.75, 3.05) is 7.05 Å². The van der Waals surface area contributed by atoms with Gasteiger partial charge in [0.1, 0.15) is 0 Å². The highest BCUT2D eigenvalue weighted by Crippen LogP contribution is 2.25. The van der Waals surface area contributed by atoms with Crippen molar-refractivity contribution in [3.05, 3.63) is 74.8 Å². The summed E-state index contributed by atoms with van der Waals surface area (Å²) < 4.78 is 0. The molecule has 0 bridgehead atoms. The molecular formula is C17H20N2O2. The van der Waals surface area contributed by atoms with Crippen LogP contribution in [-0.2, 0) is 6.42 Å². The minimum absolute atomic E-state index is 0.131. The number of nitrogens with zero attached hydrogens (tertiary/aromatic N) is 1. The fraction of sp³-hybridized carbons (Fsp3) is 0.294. The van der Waals surface area contributed by atoms with E-state index < -0.39 is 0 Å². The Kier molecular flexibility index (Phi) is 4.70. The van der Waals surface area contributed by atoms with E-state index in [-0.39, 0.29) is 16.7 Å². The van der Waals surface area contributed by atoms with Gasteiger partial charge in [-0.1, -0.05) is 30.3 Å². The second kappa shape index (κ2) is 6.50. The molecule has 1 unspecified atom stereocenters. The lowest BCUT2D eigenvalue weighted by Crippen LogP contribution is -2.20. The van der Waals surface area contributed by atoms with Gasteiger partial charge in [0.2, 0.25) is 0 Å². The van der Waals surface area contributed by atoms with Crippen molar-refractivity contribution < 1.29 is 4.92 Å². The molecule has 110 valence electrons. The Hall–Kier alpha value is -2.20. The van der Waals surface area contributed by atoms with E-state index >= 15 is 0 Å². The van der Waals surface area contributed by atoms with E-state index in [2.05, 4.69) is 37.4 Å². The molecule has 1 N–H and O–H groups in total. The predicted octanol–water partition coefficient (Wildman–Crippen LogP) is 3.71. The molecule has 1 atom stereocenters. The molecule has 0 fully saturated rings. The molecule has 2 aromatic rings. The van der Waals surface area contributed by atoms with Crippen LogP contribution in [0, 0.1) is 24.0 Å². The third kappa shape index (κ3) is 3.47. The molecule has 0 spiro atoms. The number of benzene rings is 2. The van der Waals surface area contributed by atoms with E-state index in [4.69, 9.17) is 0 Å². The SMILES string of the molecule is CNC(Cc1ccc([N+](=O)[O-])cc1)c1c(C)cccc1C. The molecule has 4 heteroatoms. The van der Waals surface area contributed by atoms with Crippen LogP contribution in [-0.4, -0.2) is 12.0 Å². The number of hydrogen-bond acceptors (Lipinski definition) is 3. The second-order valence-electron chi connectivity index (χ2n) is 5.27. The summed E-state index contributed by atoms with van der Waals surface area (Å²) in [6.45, 7) is 4.23. The van der Waals surface area contributed by atoms with Gasteiger partial charge in [0, 0.05) is 18.2 Å². The average Bonchev–Trinajstić information content (AvgIpc) is 2.46. The highest BCUT2D eigenvalue weighted by atomic mass is 16.6. The Bertz CT molecular complexity index is 615. The third-order valence-electron chi connectivity index (χ3n) is 3.83. The van der Waals surface area contributed by atoms with Crippen LogP contribution >= 0.6 is 0 Å². The van der Waals surface area contributed by atoms with Crippen LogP contribution in [0.2, 0.25) is 0 Å². The molecule has 0 saturated carbocycles. The van der Waals surface area contributed by atoms with Gasteiger partial charge >= 0.3 is 0 Å². The van der Waals surface area contributed by atoms with Crippen molar-refractivity contribution in [1.82, 2.24) is 5.32 Å². The molecule has 0 aromatic heterocycles. The van der Waals surface area contributed by atoms with Gasteiger partial charge in [-0.3, -0.25) is 10.1 Å². The quantitative estimate of drug-likeness (QED) is 0.672. The second-order valence-corrected chi connectivity index (χ2v) is 5.27. The zero-order chi connectivity index (χ0) is 15.4. The minimum Gasteiger partial charge on any atom is -0.313 e. The van der Waals surface area contributed by atoms with Crippen molar-refractivity contribution in [2.24, 2.45) is 0 Å². The number of likely N-dealkylation sites (N-methyl/N-ethyl adjacent to an activating group) is 1. The average molecular weight is 284 g/mol. The lowest BCUT2D eigenvalue weighted by atomic mass is 9.92. The molecule has 0 heterocycles. The molecule has 4 nitrogen and oxygen atoms in total. The minimum atomic E-state index is -0.370. The van der Waals surface area contributed by atoms with E-state index in [0.717, 1.165) is 12.0 Å². The fourth-order valence-corrected chi connectivity index (χ4v) is 2.71. The smallest absolute Gasteiger partial charge is 0.269 e. The summed E-state index contributed by atoms with van der Waals surface area (Å²) in [5.41, 5.74) is 5.04. The molecule has 0 aliphatic carbocycles. The highest BCUT2D eigenvalue weighted by molar-refractivity contribution is 5.38. The van der Waals surface area contributed by atoms with Gasteiger partial charge in [-0.05, 0) is 49.6 Å². The first-order valence-corrected chi connectivity index (χ1v) is 6.99. The molecule has 0 aliphatic rings. The zero-order valence-electron chi connectivity index (χ0n) is 12.6. The largest absolute Gasteiger partial charge is 0.313 e. The van der Waals surface area contributed by atoms with Crippen LogP contribution in [0.25, 0.3) is 0 Å². The van der Waals surface area contributed by atoms with Crippen molar-refractivity contribution in [2.45, 2.75) is 26.3 Å². The summed E-state index contributed by atoms with van der Waals surface area (Å²) in [4.78, 5) is 10.3. The van der Waals surface area contributed by atoms with Gasteiger partial charge in [-0.25, -0.2) is 0 Å². The summed E-state index contributed by atoms with van der Waals surface area (Å²) in [7, 11) is 1.95. The van der Waals surface area contributed by atoms with Gasteiger partial charge in [0.05, 0.1) is 4.92 Å². The third-order valence-corrected chi connectivity index (χ3v) is 3.83. The fourth-order valence-electron chi connectivity index (χ4n) is 2.71. The van der Waals surface area contributed by atoms with Crippen LogP contribution in [0.15, 0.2) is 42.5 Å². The number of aryl methyl sites for hydroxylation is 2. The maximum Gasteiger partial charge on any atom is 0.269 e. The monoisotopic (exact) mass is 284 g/mol. The van der Waals surface area contributed by atoms with Gasteiger partial charge in [0.15, 0.2) is 0 Å². The maximum absolute atomic E-state index is 10.7. The van der Waals surface area contributed by atoms with Gasteiger partial charge < -0.3 is 5.32 Å². The highest BCUT2D eigenvalue weighted by Gasteiger charge is 2.15. The molecule has 2 rings (SSSR count). The lowest BCUT2D eigenvalue weighted by molar-refractivity contribution is -0.384. The van der Waals surface area contributed by atoms with E-state index in [1.807, 2.05) is 19.2 Å². The number of non-ortho nitro benzene ring substituents is 1. The number of nitro groups is 1. The van der Waals surface area contributed by atoms with Crippen LogP contribution in [0.4, 0.5) is 5.69 Å². The molecule has 0 radical (unpaired) electrons. The zero-order valence-corrected chi connectivity index (χ0v) is 12.6. The van der Waals surface area contributed by atoms with Crippen molar-refractivity contribution in [3.63, 3.8) is 0 Å². The molecular weight excluding hydrogens is 264 g/mol. The number of hydrogen-bond donors (Lipinski definition) is 1. The Balaban J connectivity index is 2.25. The summed E-state index contributed by atoms with van der Waals surface area (Å²) in [5, 5.41) is 14.0. The Morgan fingerprint density at radius 2 is 1.67 bits per heavy atom. The normalized spacial score (nSPS) is 12.1. The van der Waals surface area contributed by atoms with E-state index in [1.165, 1.54) is 16.7 Å². The summed E-state index contributed by atoms with van der Waals surface area (Å²) >= 11 is 0. The van der Waals surface area contributed by atoms with Crippen LogP contribution < -0.4 is 5.32 Å². The summed E-state index contributed by atoms with van der Waals surface area (Å²) in [6, 6.07) is 13.3. The van der Waals surface area contributed by atoms with Crippen molar-refractivity contribution in [3.8, 4) is 0 Å². The topological polar surface area (TPSA) is 55.2 Å². The molecule has 0 saturated heterocycles. The first kappa shape index (κ1) is 15.2. The van der Waals surface area contributed by atoms with Crippen LogP contribution in [0.5, 0.6) is 0 Å². The van der Waals surface area contributed by atoms with Gasteiger partial charge in [0.25, 0.3) is 5.69 Å². The number of nitro benzene ring substituents is 1. The molecule has 0 amide bonds. The van der Waals surface area contributed by atoms with Crippen LogP contribution in [0.3, 0.4) is 0 Å². The Labute approximate surface area is 125 Å². The summed E-state index contributed by atoms with van der Waals surface area (Å²) in [5.74, 6) is 0. The van der Waals surface area contributed by atoms with E-state index in [9.17, 15) is 10.1 Å². The predicted molar refractivity (Wildman–Crippen MR) is 84.5 cm³/mol. The first-order chi connectivity index (χ1) is 10.0.